The first-order valence-electron chi connectivity index (χ1n) is 5.80. The van der Waals surface area contributed by atoms with Crippen LogP contribution in [0.1, 0.15) is 24.2 Å². The maximum Gasteiger partial charge on any atom is 0.152 e. The summed E-state index contributed by atoms with van der Waals surface area (Å²) in [6.45, 7) is 6.98. The fraction of sp³-hybridized carbons (Fsp3) is 0.462. The maximum atomic E-state index is 11.0. The van der Waals surface area contributed by atoms with Crippen LogP contribution in [0.25, 0.3) is 0 Å². The Bertz CT molecular complexity index is 368. The van der Waals surface area contributed by atoms with E-state index in [1.165, 1.54) is 0 Å². The molecule has 1 rings (SSSR count). The standard InChI is InChI=1S/C13H18ClNO2/c1-3-15(7-8-17-4-2)13-6-5-12(14)9-11(13)10-16/h5-6,9-10H,3-4,7-8H2,1-2H3. The van der Waals surface area contributed by atoms with E-state index in [2.05, 4.69) is 11.8 Å². The highest BCUT2D eigenvalue weighted by Crippen LogP contribution is 2.22. The van der Waals surface area contributed by atoms with Gasteiger partial charge in [0.25, 0.3) is 0 Å². The molecule has 0 saturated heterocycles. The van der Waals surface area contributed by atoms with Crippen LogP contribution in [0.2, 0.25) is 5.02 Å². The van der Waals surface area contributed by atoms with Gasteiger partial charge < -0.3 is 9.64 Å². The van der Waals surface area contributed by atoms with Crippen molar-refractivity contribution in [2.45, 2.75) is 13.8 Å². The van der Waals surface area contributed by atoms with Gasteiger partial charge in [-0.1, -0.05) is 11.6 Å². The van der Waals surface area contributed by atoms with E-state index in [4.69, 9.17) is 16.3 Å². The van der Waals surface area contributed by atoms with Gasteiger partial charge in [-0.15, -0.1) is 0 Å². The number of likely N-dealkylation sites (N-methyl/N-ethyl adjacent to an activating group) is 1. The van der Waals surface area contributed by atoms with Gasteiger partial charge in [-0.3, -0.25) is 4.79 Å². The topological polar surface area (TPSA) is 29.5 Å². The Kier molecular flexibility index (Phi) is 6.01. The molecule has 0 spiro atoms. The third-order valence-electron chi connectivity index (χ3n) is 2.55. The molecule has 4 heteroatoms. The summed E-state index contributed by atoms with van der Waals surface area (Å²) in [5, 5.41) is 0.580. The fourth-order valence-electron chi connectivity index (χ4n) is 1.68. The van der Waals surface area contributed by atoms with Crippen LogP contribution in [0.3, 0.4) is 0 Å². The zero-order chi connectivity index (χ0) is 12.7. The summed E-state index contributed by atoms with van der Waals surface area (Å²) in [6.07, 6.45) is 0.838. The Morgan fingerprint density at radius 2 is 2.18 bits per heavy atom. The molecule has 0 aliphatic rings. The number of carbonyl (C=O) groups excluding carboxylic acids is 1. The van der Waals surface area contributed by atoms with Crippen LogP contribution < -0.4 is 4.90 Å². The number of aldehydes is 1. The van der Waals surface area contributed by atoms with Crippen molar-refractivity contribution in [1.82, 2.24) is 0 Å². The molecule has 0 saturated carbocycles. The molecule has 0 aromatic heterocycles. The first-order valence-corrected chi connectivity index (χ1v) is 6.18. The molecule has 0 atom stereocenters. The number of halogens is 1. The van der Waals surface area contributed by atoms with E-state index in [-0.39, 0.29) is 0 Å². The number of hydrogen-bond acceptors (Lipinski definition) is 3. The van der Waals surface area contributed by atoms with Gasteiger partial charge in [0, 0.05) is 36.0 Å². The molecule has 0 aliphatic carbocycles. The Hall–Kier alpha value is -1.06. The van der Waals surface area contributed by atoms with Crippen LogP contribution >= 0.6 is 11.6 Å². The first kappa shape index (κ1) is 14.0. The lowest BCUT2D eigenvalue weighted by molar-refractivity contribution is 0.112. The summed E-state index contributed by atoms with van der Waals surface area (Å²) in [7, 11) is 0. The van der Waals surface area contributed by atoms with E-state index in [1.807, 2.05) is 13.0 Å². The van der Waals surface area contributed by atoms with Gasteiger partial charge in [0.1, 0.15) is 0 Å². The van der Waals surface area contributed by atoms with Crippen LogP contribution in [0.5, 0.6) is 0 Å². The minimum absolute atomic E-state index is 0.580. The number of hydrogen-bond donors (Lipinski definition) is 0. The molecule has 0 N–H and O–H groups in total. The number of rotatable bonds is 7. The van der Waals surface area contributed by atoms with Crippen LogP contribution in [-0.2, 0) is 4.74 Å². The molecule has 0 unspecified atom stereocenters. The van der Waals surface area contributed by atoms with Crippen LogP contribution in [0.15, 0.2) is 18.2 Å². The van der Waals surface area contributed by atoms with E-state index in [1.54, 1.807) is 12.1 Å². The van der Waals surface area contributed by atoms with Crippen molar-refractivity contribution in [3.8, 4) is 0 Å². The third kappa shape index (κ3) is 4.02. The number of benzene rings is 1. The third-order valence-corrected chi connectivity index (χ3v) is 2.78. The smallest absolute Gasteiger partial charge is 0.152 e. The maximum absolute atomic E-state index is 11.0. The van der Waals surface area contributed by atoms with Gasteiger partial charge in [-0.05, 0) is 32.0 Å². The summed E-state index contributed by atoms with van der Waals surface area (Å²) in [6, 6.07) is 5.36. The second-order valence-corrected chi connectivity index (χ2v) is 4.03. The minimum Gasteiger partial charge on any atom is -0.380 e. The normalized spacial score (nSPS) is 10.3. The van der Waals surface area contributed by atoms with Crippen molar-refractivity contribution >= 4 is 23.6 Å². The second-order valence-electron chi connectivity index (χ2n) is 3.60. The zero-order valence-corrected chi connectivity index (χ0v) is 11.0. The molecule has 1 aromatic carbocycles. The van der Waals surface area contributed by atoms with Crippen molar-refractivity contribution in [1.29, 1.82) is 0 Å². The van der Waals surface area contributed by atoms with Crippen molar-refractivity contribution in [2.75, 3.05) is 31.2 Å². The highest BCUT2D eigenvalue weighted by molar-refractivity contribution is 6.31. The summed E-state index contributed by atoms with van der Waals surface area (Å²) >= 11 is 5.87. The average Bonchev–Trinajstić information content (AvgIpc) is 2.35. The molecule has 0 radical (unpaired) electrons. The first-order chi connectivity index (χ1) is 8.22. The Balaban J connectivity index is 2.83. The van der Waals surface area contributed by atoms with E-state index in [0.29, 0.717) is 23.8 Å². The highest BCUT2D eigenvalue weighted by atomic mass is 35.5. The van der Waals surface area contributed by atoms with Gasteiger partial charge in [0.05, 0.1) is 6.61 Å². The predicted molar refractivity (Wildman–Crippen MR) is 71.2 cm³/mol. The Labute approximate surface area is 107 Å². The van der Waals surface area contributed by atoms with Gasteiger partial charge in [-0.25, -0.2) is 0 Å². The van der Waals surface area contributed by atoms with Crippen molar-refractivity contribution in [3.05, 3.63) is 28.8 Å². The van der Waals surface area contributed by atoms with Crippen LogP contribution in [-0.4, -0.2) is 32.6 Å². The lowest BCUT2D eigenvalue weighted by Crippen LogP contribution is -2.28. The monoisotopic (exact) mass is 255 g/mol. The summed E-state index contributed by atoms with van der Waals surface area (Å²) < 4.78 is 5.33. The molecule has 0 heterocycles. The van der Waals surface area contributed by atoms with Crippen molar-refractivity contribution in [3.63, 3.8) is 0 Å². The number of nitrogens with zero attached hydrogens (tertiary/aromatic N) is 1. The molecule has 0 fully saturated rings. The van der Waals surface area contributed by atoms with E-state index in [9.17, 15) is 4.79 Å². The predicted octanol–water partition coefficient (Wildman–Crippen LogP) is 3.02. The fourth-order valence-corrected chi connectivity index (χ4v) is 1.86. The van der Waals surface area contributed by atoms with Gasteiger partial charge in [0.2, 0.25) is 0 Å². The zero-order valence-electron chi connectivity index (χ0n) is 10.3. The largest absolute Gasteiger partial charge is 0.380 e. The van der Waals surface area contributed by atoms with Crippen molar-refractivity contribution < 1.29 is 9.53 Å². The minimum atomic E-state index is 0.580. The molecular weight excluding hydrogens is 238 g/mol. The molecule has 94 valence electrons. The number of ether oxygens (including phenoxy) is 1. The average molecular weight is 256 g/mol. The number of anilines is 1. The summed E-state index contributed by atoms with van der Waals surface area (Å²) in [5.74, 6) is 0. The highest BCUT2D eigenvalue weighted by Gasteiger charge is 2.09. The van der Waals surface area contributed by atoms with Gasteiger partial charge in [-0.2, -0.15) is 0 Å². The Morgan fingerprint density at radius 1 is 1.41 bits per heavy atom. The molecule has 3 nitrogen and oxygen atoms in total. The van der Waals surface area contributed by atoms with Crippen LogP contribution in [0.4, 0.5) is 5.69 Å². The lowest BCUT2D eigenvalue weighted by atomic mass is 10.1. The quantitative estimate of drug-likeness (QED) is 0.554. The van der Waals surface area contributed by atoms with Gasteiger partial charge in [0.15, 0.2) is 6.29 Å². The molecule has 0 aliphatic heterocycles. The lowest BCUT2D eigenvalue weighted by Gasteiger charge is -2.24. The molecule has 17 heavy (non-hydrogen) atoms. The van der Waals surface area contributed by atoms with Gasteiger partial charge >= 0.3 is 0 Å². The van der Waals surface area contributed by atoms with Crippen LogP contribution in [0, 0.1) is 0 Å². The molecule has 1 aromatic rings. The van der Waals surface area contributed by atoms with Crippen molar-refractivity contribution in [2.24, 2.45) is 0 Å². The molecule has 0 bridgehead atoms. The Morgan fingerprint density at radius 3 is 2.76 bits per heavy atom. The summed E-state index contributed by atoms with van der Waals surface area (Å²) in [4.78, 5) is 13.1. The molecule has 0 amide bonds. The molecular formula is C13H18ClNO2. The SMILES string of the molecule is CCOCCN(CC)c1ccc(Cl)cc1C=O. The van der Waals surface area contributed by atoms with E-state index >= 15 is 0 Å². The summed E-state index contributed by atoms with van der Waals surface area (Å²) in [5.41, 5.74) is 1.53. The second kappa shape index (κ2) is 7.30. The van der Waals surface area contributed by atoms with E-state index in [0.717, 1.165) is 25.1 Å². The van der Waals surface area contributed by atoms with E-state index < -0.39 is 0 Å². The number of carbonyl (C=O) groups is 1.